The Labute approximate surface area is 180 Å². The lowest BCUT2D eigenvalue weighted by atomic mass is 9.85. The molecular formula is C25H25FN2O3. The molecule has 31 heavy (non-hydrogen) atoms. The summed E-state index contributed by atoms with van der Waals surface area (Å²) in [7, 11) is 0. The summed E-state index contributed by atoms with van der Waals surface area (Å²) < 4.78 is 18.9. The third kappa shape index (κ3) is 3.50. The highest BCUT2D eigenvalue weighted by molar-refractivity contribution is 5.91. The van der Waals surface area contributed by atoms with Gasteiger partial charge < -0.3 is 15.0 Å². The lowest BCUT2D eigenvalue weighted by Crippen LogP contribution is -2.42. The lowest BCUT2D eigenvalue weighted by Gasteiger charge is -2.27. The number of rotatable bonds is 4. The molecule has 1 saturated heterocycles. The molecule has 6 heteroatoms. The second-order valence-electron chi connectivity index (χ2n) is 8.73. The van der Waals surface area contributed by atoms with Crippen molar-refractivity contribution in [2.45, 2.75) is 51.2 Å². The summed E-state index contributed by atoms with van der Waals surface area (Å²) in [4.78, 5) is 28.2. The number of esters is 1. The molecule has 1 atom stereocenters. The molecule has 1 amide bonds. The van der Waals surface area contributed by atoms with Gasteiger partial charge in [0, 0.05) is 23.1 Å². The Morgan fingerprint density at radius 1 is 1.19 bits per heavy atom. The van der Waals surface area contributed by atoms with Gasteiger partial charge in [0.2, 0.25) is 5.91 Å². The molecule has 1 saturated carbocycles. The Bertz CT molecular complexity index is 1160. The van der Waals surface area contributed by atoms with Crippen LogP contribution in [0, 0.1) is 18.7 Å². The molecule has 2 fully saturated rings. The highest BCUT2D eigenvalue weighted by Gasteiger charge is 2.53. The maximum absolute atomic E-state index is 13.3. The van der Waals surface area contributed by atoms with Gasteiger partial charge in [-0.1, -0.05) is 6.07 Å². The van der Waals surface area contributed by atoms with Crippen LogP contribution < -0.4 is 5.32 Å². The number of hydrogen-bond acceptors (Lipinski definition) is 3. The topological polar surface area (TPSA) is 71.2 Å². The first-order chi connectivity index (χ1) is 14.9. The summed E-state index contributed by atoms with van der Waals surface area (Å²) in [5.41, 5.74) is 4.35. The van der Waals surface area contributed by atoms with Crippen LogP contribution in [0.25, 0.3) is 22.2 Å². The fourth-order valence-electron chi connectivity index (χ4n) is 5.15. The predicted octanol–water partition coefficient (Wildman–Crippen LogP) is 4.77. The summed E-state index contributed by atoms with van der Waals surface area (Å²) in [6.45, 7) is 2.43. The van der Waals surface area contributed by atoms with Crippen molar-refractivity contribution in [3.63, 3.8) is 0 Å². The maximum Gasteiger partial charge on any atom is 0.307 e. The normalized spacial score (nSPS) is 19.8. The second kappa shape index (κ2) is 7.52. The standard InChI is InChI=1S/C25H25FN2O3/c1-15-19-12-16(4-9-21(19)28-23(15)17-5-7-18(26)8-6-17)14-27-24(30)20-13-22(29)31-25(20)10-2-3-11-25/h4-9,12,20,28H,2-3,10-11,13-14H2,1H3,(H,27,30)/t20-/m0/s1. The van der Waals surface area contributed by atoms with Gasteiger partial charge in [-0.25, -0.2) is 4.39 Å². The number of carbonyl (C=O) groups excluding carboxylic acids is 2. The Hall–Kier alpha value is -3.15. The Morgan fingerprint density at radius 3 is 2.68 bits per heavy atom. The zero-order chi connectivity index (χ0) is 21.6. The average Bonchev–Trinajstić information content (AvgIpc) is 3.45. The molecule has 0 radical (unpaired) electrons. The number of nitrogens with one attached hydrogen (secondary N) is 2. The highest BCUT2D eigenvalue weighted by atomic mass is 19.1. The zero-order valence-corrected chi connectivity index (χ0v) is 17.5. The van der Waals surface area contributed by atoms with Crippen molar-refractivity contribution in [3.05, 3.63) is 59.4 Å². The van der Waals surface area contributed by atoms with Crippen LogP contribution in [0.1, 0.15) is 43.2 Å². The lowest BCUT2D eigenvalue weighted by molar-refractivity contribution is -0.149. The van der Waals surface area contributed by atoms with E-state index in [4.69, 9.17) is 4.74 Å². The number of carbonyl (C=O) groups is 2. The largest absolute Gasteiger partial charge is 0.458 e. The van der Waals surface area contributed by atoms with Gasteiger partial charge in [-0.3, -0.25) is 9.59 Å². The van der Waals surface area contributed by atoms with Crippen molar-refractivity contribution in [1.29, 1.82) is 0 Å². The predicted molar refractivity (Wildman–Crippen MR) is 116 cm³/mol. The monoisotopic (exact) mass is 420 g/mol. The SMILES string of the molecule is Cc1c(-c2ccc(F)cc2)[nH]c2ccc(CNC(=O)[C@@H]3CC(=O)OC34CCCC4)cc12. The number of aryl methyl sites for hydroxylation is 1. The zero-order valence-electron chi connectivity index (χ0n) is 17.5. The van der Waals surface area contributed by atoms with Crippen LogP contribution in [0.3, 0.4) is 0 Å². The summed E-state index contributed by atoms with van der Waals surface area (Å²) in [5.74, 6) is -1.03. The number of aromatic nitrogens is 1. The van der Waals surface area contributed by atoms with E-state index in [-0.39, 0.29) is 24.1 Å². The number of H-pyrrole nitrogens is 1. The van der Waals surface area contributed by atoms with Gasteiger partial charge in [0.15, 0.2) is 0 Å². The summed E-state index contributed by atoms with van der Waals surface area (Å²) >= 11 is 0. The van der Waals surface area contributed by atoms with Crippen molar-refractivity contribution in [2.75, 3.05) is 0 Å². The molecule has 1 spiro atoms. The molecule has 5 rings (SSSR count). The molecule has 2 aromatic carbocycles. The van der Waals surface area contributed by atoms with E-state index < -0.39 is 11.5 Å². The molecule has 160 valence electrons. The van der Waals surface area contributed by atoms with E-state index in [9.17, 15) is 14.0 Å². The van der Waals surface area contributed by atoms with E-state index >= 15 is 0 Å². The average molecular weight is 420 g/mol. The number of ether oxygens (including phenoxy) is 1. The summed E-state index contributed by atoms with van der Waals surface area (Å²) in [6.07, 6.45) is 3.71. The Morgan fingerprint density at radius 2 is 1.94 bits per heavy atom. The molecular weight excluding hydrogens is 395 g/mol. The first-order valence-corrected chi connectivity index (χ1v) is 10.8. The van der Waals surface area contributed by atoms with Crippen molar-refractivity contribution >= 4 is 22.8 Å². The molecule has 0 unspecified atom stereocenters. The molecule has 2 aliphatic rings. The molecule has 5 nitrogen and oxygen atoms in total. The fraction of sp³-hybridized carbons (Fsp3) is 0.360. The molecule has 1 aliphatic carbocycles. The number of aromatic amines is 1. The number of halogens is 1. The molecule has 1 aliphatic heterocycles. The van der Waals surface area contributed by atoms with Crippen LogP contribution >= 0.6 is 0 Å². The minimum atomic E-state index is -0.591. The van der Waals surface area contributed by atoms with Gasteiger partial charge in [0.25, 0.3) is 0 Å². The van der Waals surface area contributed by atoms with Crippen LogP contribution in [0.5, 0.6) is 0 Å². The third-order valence-corrected chi connectivity index (χ3v) is 6.81. The van der Waals surface area contributed by atoms with Gasteiger partial charge in [-0.2, -0.15) is 0 Å². The van der Waals surface area contributed by atoms with Crippen molar-refractivity contribution < 1.29 is 18.7 Å². The Kier molecular flexibility index (Phi) is 4.80. The highest BCUT2D eigenvalue weighted by Crippen LogP contribution is 2.45. The number of fused-ring (bicyclic) bond motifs is 1. The summed E-state index contributed by atoms with van der Waals surface area (Å²) in [6, 6.07) is 12.5. The quantitative estimate of drug-likeness (QED) is 0.597. The van der Waals surface area contributed by atoms with Crippen LogP contribution in [-0.4, -0.2) is 22.5 Å². The van der Waals surface area contributed by atoms with E-state index in [2.05, 4.69) is 16.4 Å². The third-order valence-electron chi connectivity index (χ3n) is 6.81. The minimum Gasteiger partial charge on any atom is -0.458 e. The molecule has 3 aromatic rings. The first kappa shape index (κ1) is 19.8. The van der Waals surface area contributed by atoms with E-state index in [0.29, 0.717) is 6.54 Å². The van der Waals surface area contributed by atoms with E-state index in [1.54, 1.807) is 12.1 Å². The second-order valence-corrected chi connectivity index (χ2v) is 8.73. The number of benzene rings is 2. The number of hydrogen-bond donors (Lipinski definition) is 2. The van der Waals surface area contributed by atoms with Gasteiger partial charge in [0.05, 0.1) is 12.3 Å². The summed E-state index contributed by atoms with van der Waals surface area (Å²) in [5, 5.41) is 4.09. The molecule has 0 bridgehead atoms. The van der Waals surface area contributed by atoms with Gasteiger partial charge in [0.1, 0.15) is 11.4 Å². The van der Waals surface area contributed by atoms with E-state index in [1.807, 2.05) is 19.1 Å². The Balaban J connectivity index is 1.34. The molecule has 2 N–H and O–H groups in total. The maximum atomic E-state index is 13.3. The van der Waals surface area contributed by atoms with E-state index in [0.717, 1.165) is 59.0 Å². The van der Waals surface area contributed by atoms with Gasteiger partial charge in [-0.05, 0) is 85.7 Å². The van der Waals surface area contributed by atoms with Crippen molar-refractivity contribution in [1.82, 2.24) is 10.3 Å². The first-order valence-electron chi connectivity index (χ1n) is 10.8. The van der Waals surface area contributed by atoms with Gasteiger partial charge in [-0.15, -0.1) is 0 Å². The molecule has 2 heterocycles. The van der Waals surface area contributed by atoms with Crippen LogP contribution in [0.2, 0.25) is 0 Å². The fourth-order valence-corrected chi connectivity index (χ4v) is 5.15. The van der Waals surface area contributed by atoms with Crippen LogP contribution in [0.15, 0.2) is 42.5 Å². The van der Waals surface area contributed by atoms with Crippen molar-refractivity contribution in [3.8, 4) is 11.3 Å². The van der Waals surface area contributed by atoms with Crippen molar-refractivity contribution in [2.24, 2.45) is 5.92 Å². The minimum absolute atomic E-state index is 0.106. The van der Waals surface area contributed by atoms with Crippen LogP contribution in [-0.2, 0) is 20.9 Å². The smallest absolute Gasteiger partial charge is 0.307 e. The van der Waals surface area contributed by atoms with Gasteiger partial charge >= 0.3 is 5.97 Å². The number of amides is 1. The molecule has 1 aromatic heterocycles. The van der Waals surface area contributed by atoms with Crippen LogP contribution in [0.4, 0.5) is 4.39 Å². The van der Waals surface area contributed by atoms with E-state index in [1.165, 1.54) is 12.1 Å².